The van der Waals surface area contributed by atoms with E-state index in [4.69, 9.17) is 5.11 Å². The third-order valence-electron chi connectivity index (χ3n) is 2.54. The number of aromatic amines is 1. The molecule has 3 N–H and O–H groups in total. The van der Waals surface area contributed by atoms with E-state index in [0.717, 1.165) is 30.8 Å². The molecule has 0 aliphatic carbocycles. The molecule has 0 amide bonds. The maximum atomic E-state index is 10.8. The number of hydrogen-bond acceptors (Lipinski definition) is 2. The molecule has 0 atom stereocenters. The van der Waals surface area contributed by atoms with E-state index < -0.39 is 5.97 Å². The summed E-state index contributed by atoms with van der Waals surface area (Å²) in [6, 6.07) is 0. The van der Waals surface area contributed by atoms with Gasteiger partial charge in [-0.25, -0.2) is 4.79 Å². The first kappa shape index (κ1) is 8.31. The molecule has 0 fully saturated rings. The molecule has 0 saturated heterocycles. The summed E-state index contributed by atoms with van der Waals surface area (Å²) in [6.45, 7) is 3.55. The van der Waals surface area contributed by atoms with Crippen molar-refractivity contribution in [2.75, 3.05) is 6.54 Å². The molecule has 0 radical (unpaired) electrons. The van der Waals surface area contributed by atoms with Crippen molar-refractivity contribution in [1.29, 1.82) is 0 Å². The molecule has 0 spiro atoms. The van der Waals surface area contributed by atoms with Gasteiger partial charge in [-0.05, 0) is 31.0 Å². The van der Waals surface area contributed by atoms with E-state index >= 15 is 0 Å². The number of fused-ring (bicyclic) bond motifs is 1. The van der Waals surface area contributed by atoms with Crippen LogP contribution in [-0.2, 0) is 13.0 Å². The van der Waals surface area contributed by atoms with Crippen LogP contribution in [0.25, 0.3) is 0 Å². The highest BCUT2D eigenvalue weighted by Crippen LogP contribution is 2.20. The molecule has 2 rings (SSSR count). The number of aromatic nitrogens is 1. The van der Waals surface area contributed by atoms with Gasteiger partial charge in [0.05, 0.1) is 0 Å². The van der Waals surface area contributed by atoms with Crippen molar-refractivity contribution in [2.24, 2.45) is 0 Å². The highest BCUT2D eigenvalue weighted by molar-refractivity contribution is 5.88. The maximum Gasteiger partial charge on any atom is 0.352 e. The quantitative estimate of drug-likeness (QED) is 0.595. The van der Waals surface area contributed by atoms with E-state index in [-0.39, 0.29) is 0 Å². The second kappa shape index (κ2) is 2.88. The number of carboxylic acid groups (broad SMARTS) is 1. The van der Waals surface area contributed by atoms with Crippen LogP contribution in [0.3, 0.4) is 0 Å². The molecular formula is C9H12N2O2. The van der Waals surface area contributed by atoms with Crippen molar-refractivity contribution in [2.45, 2.75) is 19.9 Å². The van der Waals surface area contributed by atoms with E-state index in [9.17, 15) is 4.79 Å². The first-order valence-corrected chi connectivity index (χ1v) is 4.34. The molecule has 0 bridgehead atoms. The van der Waals surface area contributed by atoms with Gasteiger partial charge in [0.15, 0.2) is 0 Å². The molecule has 4 nitrogen and oxygen atoms in total. The average Bonchev–Trinajstić information content (AvgIpc) is 2.45. The molecule has 4 heteroatoms. The molecule has 70 valence electrons. The van der Waals surface area contributed by atoms with Crippen molar-refractivity contribution in [3.8, 4) is 0 Å². The first-order valence-electron chi connectivity index (χ1n) is 4.34. The van der Waals surface area contributed by atoms with E-state index in [2.05, 4.69) is 10.3 Å². The summed E-state index contributed by atoms with van der Waals surface area (Å²) in [7, 11) is 0. The zero-order valence-electron chi connectivity index (χ0n) is 7.48. The van der Waals surface area contributed by atoms with Crippen LogP contribution >= 0.6 is 0 Å². The summed E-state index contributed by atoms with van der Waals surface area (Å²) in [6.07, 6.45) is 0.922. The van der Waals surface area contributed by atoms with Gasteiger partial charge in [0, 0.05) is 12.2 Å². The zero-order chi connectivity index (χ0) is 9.42. The van der Waals surface area contributed by atoms with Gasteiger partial charge in [-0.2, -0.15) is 0 Å². The smallest absolute Gasteiger partial charge is 0.352 e. The predicted octanol–water partition coefficient (Wildman–Crippen LogP) is 0.667. The lowest BCUT2D eigenvalue weighted by atomic mass is 10.0. The normalized spacial score (nSPS) is 15.5. The Morgan fingerprint density at radius 1 is 1.54 bits per heavy atom. The lowest BCUT2D eigenvalue weighted by Gasteiger charge is -2.12. The Hall–Kier alpha value is -1.29. The van der Waals surface area contributed by atoms with Crippen LogP contribution in [-0.4, -0.2) is 22.6 Å². The summed E-state index contributed by atoms with van der Waals surface area (Å²) >= 11 is 0. The summed E-state index contributed by atoms with van der Waals surface area (Å²) in [5.41, 5.74) is 3.44. The Labute approximate surface area is 76.0 Å². The Morgan fingerprint density at radius 2 is 2.31 bits per heavy atom. The van der Waals surface area contributed by atoms with Crippen molar-refractivity contribution < 1.29 is 9.90 Å². The van der Waals surface area contributed by atoms with Crippen LogP contribution in [0.2, 0.25) is 0 Å². The van der Waals surface area contributed by atoms with E-state index in [1.54, 1.807) is 0 Å². The number of H-pyrrole nitrogens is 1. The van der Waals surface area contributed by atoms with Gasteiger partial charge < -0.3 is 15.4 Å². The molecule has 0 unspecified atom stereocenters. The van der Waals surface area contributed by atoms with Crippen LogP contribution < -0.4 is 5.32 Å². The number of carboxylic acids is 1. The predicted molar refractivity (Wildman–Crippen MR) is 47.9 cm³/mol. The highest BCUT2D eigenvalue weighted by atomic mass is 16.4. The van der Waals surface area contributed by atoms with Crippen LogP contribution in [0, 0.1) is 6.92 Å². The van der Waals surface area contributed by atoms with Gasteiger partial charge in [0.2, 0.25) is 0 Å². The van der Waals surface area contributed by atoms with Crippen molar-refractivity contribution >= 4 is 5.97 Å². The lowest BCUT2D eigenvalue weighted by Crippen LogP contribution is -2.23. The fourth-order valence-corrected chi connectivity index (χ4v) is 1.83. The molecule has 0 aromatic carbocycles. The van der Waals surface area contributed by atoms with Crippen molar-refractivity contribution in [1.82, 2.24) is 10.3 Å². The standard InChI is InChI=1S/C9H12N2O2/c1-5-6-2-3-10-4-7(6)11-8(5)9(12)13/h10-11H,2-4H2,1H3,(H,12,13). The van der Waals surface area contributed by atoms with Crippen molar-refractivity contribution in [3.63, 3.8) is 0 Å². The van der Waals surface area contributed by atoms with Crippen LogP contribution in [0.5, 0.6) is 0 Å². The molecule has 2 heterocycles. The highest BCUT2D eigenvalue weighted by Gasteiger charge is 2.19. The minimum Gasteiger partial charge on any atom is -0.477 e. The third-order valence-corrected chi connectivity index (χ3v) is 2.54. The molecule has 1 aromatic heterocycles. The molecular weight excluding hydrogens is 168 g/mol. The molecule has 1 aromatic rings. The molecule has 13 heavy (non-hydrogen) atoms. The Morgan fingerprint density at radius 3 is 2.92 bits per heavy atom. The first-order chi connectivity index (χ1) is 6.20. The number of aromatic carboxylic acids is 1. The average molecular weight is 180 g/mol. The molecule has 1 aliphatic rings. The largest absolute Gasteiger partial charge is 0.477 e. The van der Waals surface area contributed by atoms with Crippen LogP contribution in [0.15, 0.2) is 0 Å². The van der Waals surface area contributed by atoms with Crippen LogP contribution in [0.4, 0.5) is 0 Å². The molecule has 1 aliphatic heterocycles. The topological polar surface area (TPSA) is 65.1 Å². The lowest BCUT2D eigenvalue weighted by molar-refractivity contribution is 0.0690. The number of nitrogens with one attached hydrogen (secondary N) is 2. The van der Waals surface area contributed by atoms with Crippen molar-refractivity contribution in [3.05, 3.63) is 22.5 Å². The van der Waals surface area contributed by atoms with E-state index in [0.29, 0.717) is 5.69 Å². The summed E-state index contributed by atoms with van der Waals surface area (Å²) < 4.78 is 0. The fourth-order valence-electron chi connectivity index (χ4n) is 1.83. The van der Waals surface area contributed by atoms with Gasteiger partial charge in [0.1, 0.15) is 5.69 Å². The minimum atomic E-state index is -0.869. The third kappa shape index (κ3) is 1.23. The Kier molecular flexibility index (Phi) is 1.84. The van der Waals surface area contributed by atoms with Gasteiger partial charge in [-0.1, -0.05) is 0 Å². The SMILES string of the molecule is Cc1c(C(=O)O)[nH]c2c1CCNC2. The van der Waals surface area contributed by atoms with E-state index in [1.807, 2.05) is 6.92 Å². The number of hydrogen-bond donors (Lipinski definition) is 3. The second-order valence-corrected chi connectivity index (χ2v) is 3.31. The van der Waals surface area contributed by atoms with Gasteiger partial charge in [-0.15, -0.1) is 0 Å². The van der Waals surface area contributed by atoms with Crippen LogP contribution in [0.1, 0.15) is 27.3 Å². The summed E-state index contributed by atoms with van der Waals surface area (Å²) in [4.78, 5) is 13.7. The number of rotatable bonds is 1. The maximum absolute atomic E-state index is 10.8. The second-order valence-electron chi connectivity index (χ2n) is 3.31. The van der Waals surface area contributed by atoms with Gasteiger partial charge in [0.25, 0.3) is 0 Å². The Bertz CT molecular complexity index is 355. The minimum absolute atomic E-state index is 0.341. The Balaban J connectivity index is 2.50. The van der Waals surface area contributed by atoms with E-state index in [1.165, 1.54) is 5.56 Å². The zero-order valence-corrected chi connectivity index (χ0v) is 7.48. The monoisotopic (exact) mass is 180 g/mol. The van der Waals surface area contributed by atoms with Gasteiger partial charge in [-0.3, -0.25) is 0 Å². The van der Waals surface area contributed by atoms with Gasteiger partial charge >= 0.3 is 5.97 Å². The number of carbonyl (C=O) groups is 1. The molecule has 0 saturated carbocycles. The summed E-state index contributed by atoms with van der Waals surface area (Å²) in [5.74, 6) is -0.869. The fraction of sp³-hybridized carbons (Fsp3) is 0.444. The summed E-state index contributed by atoms with van der Waals surface area (Å²) in [5, 5.41) is 12.1.